The molecule has 0 bridgehead atoms. The third kappa shape index (κ3) is 3.24. The largest absolute Gasteiger partial charge is 0.339 e. The molecule has 0 amide bonds. The van der Waals surface area contributed by atoms with Crippen LogP contribution in [0.2, 0.25) is 5.02 Å². The van der Waals surface area contributed by atoms with Gasteiger partial charge in [-0.2, -0.15) is 4.98 Å². The Morgan fingerprint density at radius 2 is 1.95 bits per heavy atom. The van der Waals surface area contributed by atoms with E-state index in [1.165, 1.54) is 12.1 Å². The maximum absolute atomic E-state index is 13.0. The second kappa shape index (κ2) is 5.39. The van der Waals surface area contributed by atoms with E-state index in [-0.39, 0.29) is 5.82 Å². The number of nitrogens with zero attached hydrogens (tertiary/aromatic N) is 2. The summed E-state index contributed by atoms with van der Waals surface area (Å²) < 4.78 is 18.4. The molecule has 6 heteroatoms. The minimum atomic E-state index is -0.510. The van der Waals surface area contributed by atoms with Gasteiger partial charge in [-0.1, -0.05) is 22.8 Å². The first-order valence-electron chi connectivity index (χ1n) is 6.67. The van der Waals surface area contributed by atoms with Gasteiger partial charge in [-0.05, 0) is 45.4 Å². The Bertz CT molecular complexity index is 647. The Morgan fingerprint density at radius 3 is 2.52 bits per heavy atom. The molecule has 2 aromatic rings. The lowest BCUT2D eigenvalue weighted by Gasteiger charge is -2.34. The third-order valence-corrected chi connectivity index (χ3v) is 4.33. The summed E-state index contributed by atoms with van der Waals surface area (Å²) in [4.78, 5) is 4.40. The molecule has 0 aliphatic carbocycles. The molecule has 0 spiro atoms. The van der Waals surface area contributed by atoms with Crippen LogP contribution in [0.1, 0.15) is 45.0 Å². The molecule has 0 atom stereocenters. The van der Waals surface area contributed by atoms with Crippen LogP contribution in [0.25, 0.3) is 0 Å². The predicted molar refractivity (Wildman–Crippen MR) is 79.8 cm³/mol. The zero-order chi connectivity index (χ0) is 15.8. The first-order chi connectivity index (χ1) is 9.61. The molecular formula is C15H19ClFN3O. The number of benzene rings is 1. The van der Waals surface area contributed by atoms with Crippen LogP contribution in [0.15, 0.2) is 22.7 Å². The van der Waals surface area contributed by atoms with E-state index in [2.05, 4.69) is 10.1 Å². The molecule has 4 nitrogen and oxygen atoms in total. The number of nitrogens with two attached hydrogens (primary N) is 1. The summed E-state index contributed by atoms with van der Waals surface area (Å²) in [5, 5.41) is 4.31. The van der Waals surface area contributed by atoms with Gasteiger partial charge in [-0.25, -0.2) is 4.39 Å². The monoisotopic (exact) mass is 311 g/mol. The molecule has 1 heterocycles. The molecule has 0 aliphatic heterocycles. The Labute approximate surface area is 128 Å². The van der Waals surface area contributed by atoms with Gasteiger partial charge in [0.05, 0.1) is 5.41 Å². The molecule has 1 aromatic carbocycles. The van der Waals surface area contributed by atoms with Gasteiger partial charge in [0.2, 0.25) is 5.89 Å². The molecule has 1 aromatic heterocycles. The molecule has 0 saturated carbocycles. The summed E-state index contributed by atoms with van der Waals surface area (Å²) in [6, 6.07) is 4.24. The van der Waals surface area contributed by atoms with E-state index in [1.807, 2.05) is 27.7 Å². The second-order valence-corrected chi connectivity index (χ2v) is 6.68. The van der Waals surface area contributed by atoms with E-state index in [9.17, 15) is 4.39 Å². The Kier molecular flexibility index (Phi) is 4.08. The van der Waals surface area contributed by atoms with Crippen molar-refractivity contribution < 1.29 is 8.91 Å². The van der Waals surface area contributed by atoms with Gasteiger partial charge in [-0.15, -0.1) is 0 Å². The van der Waals surface area contributed by atoms with Crippen molar-refractivity contribution in [1.82, 2.24) is 10.1 Å². The Balaban J connectivity index is 2.25. The highest BCUT2D eigenvalue weighted by Crippen LogP contribution is 2.32. The molecule has 0 saturated heterocycles. The maximum Gasteiger partial charge on any atom is 0.234 e. The second-order valence-electron chi connectivity index (χ2n) is 6.27. The number of hydrogen-bond acceptors (Lipinski definition) is 4. The fourth-order valence-corrected chi connectivity index (χ4v) is 1.92. The lowest BCUT2D eigenvalue weighted by atomic mass is 9.75. The van der Waals surface area contributed by atoms with Crippen molar-refractivity contribution in [2.75, 3.05) is 0 Å². The van der Waals surface area contributed by atoms with Crippen LogP contribution in [0.5, 0.6) is 0 Å². The van der Waals surface area contributed by atoms with Crippen LogP contribution in [-0.2, 0) is 11.8 Å². The van der Waals surface area contributed by atoms with Crippen molar-refractivity contribution >= 4 is 11.6 Å². The highest BCUT2D eigenvalue weighted by Gasteiger charge is 2.40. The van der Waals surface area contributed by atoms with Crippen LogP contribution in [0.4, 0.5) is 4.39 Å². The Morgan fingerprint density at radius 1 is 1.29 bits per heavy atom. The zero-order valence-corrected chi connectivity index (χ0v) is 13.3. The number of rotatable bonds is 4. The SMILES string of the molecule is CC(C)(N)C(C)(C)c1nc(Cc2ccc(F)cc2Cl)no1. The number of hydrogen-bond donors (Lipinski definition) is 1. The third-order valence-electron chi connectivity index (χ3n) is 3.98. The number of aromatic nitrogens is 2. The summed E-state index contributed by atoms with van der Waals surface area (Å²) >= 11 is 6.00. The molecule has 2 rings (SSSR count). The van der Waals surface area contributed by atoms with Gasteiger partial charge < -0.3 is 10.3 Å². The lowest BCUT2D eigenvalue weighted by Crippen LogP contribution is -2.50. The molecule has 21 heavy (non-hydrogen) atoms. The normalized spacial score (nSPS) is 12.7. The highest BCUT2D eigenvalue weighted by molar-refractivity contribution is 6.31. The average molecular weight is 312 g/mol. The zero-order valence-electron chi connectivity index (χ0n) is 12.6. The van der Waals surface area contributed by atoms with Gasteiger partial charge in [0.1, 0.15) is 5.82 Å². The van der Waals surface area contributed by atoms with Crippen LogP contribution in [-0.4, -0.2) is 15.7 Å². The van der Waals surface area contributed by atoms with Gasteiger partial charge in [0.15, 0.2) is 5.82 Å². The van der Waals surface area contributed by atoms with Crippen LogP contribution >= 0.6 is 11.6 Å². The van der Waals surface area contributed by atoms with Crippen molar-refractivity contribution in [3.05, 3.63) is 46.3 Å². The topological polar surface area (TPSA) is 64.9 Å². The predicted octanol–water partition coefficient (Wildman–Crippen LogP) is 3.47. The van der Waals surface area contributed by atoms with Crippen molar-refractivity contribution in [2.24, 2.45) is 5.73 Å². The van der Waals surface area contributed by atoms with Crippen LogP contribution in [0.3, 0.4) is 0 Å². The number of halogens is 2. The van der Waals surface area contributed by atoms with Crippen LogP contribution < -0.4 is 5.73 Å². The Hall–Kier alpha value is -1.46. The molecule has 0 aliphatic rings. The maximum atomic E-state index is 13.0. The summed E-state index contributed by atoms with van der Waals surface area (Å²) in [5.74, 6) is 0.600. The van der Waals surface area contributed by atoms with E-state index >= 15 is 0 Å². The quantitative estimate of drug-likeness (QED) is 0.939. The molecule has 0 fully saturated rings. The fraction of sp³-hybridized carbons (Fsp3) is 0.467. The summed E-state index contributed by atoms with van der Waals surface area (Å²) in [6.07, 6.45) is 0.379. The van der Waals surface area contributed by atoms with Gasteiger partial charge >= 0.3 is 0 Å². The van der Waals surface area contributed by atoms with Crippen LogP contribution in [0, 0.1) is 5.82 Å². The van der Waals surface area contributed by atoms with E-state index < -0.39 is 11.0 Å². The van der Waals surface area contributed by atoms with Crippen molar-refractivity contribution in [3.8, 4) is 0 Å². The van der Waals surface area contributed by atoms with Gasteiger partial charge in [0.25, 0.3) is 0 Å². The fourth-order valence-electron chi connectivity index (χ4n) is 1.69. The van der Waals surface area contributed by atoms with Crippen molar-refractivity contribution in [2.45, 2.75) is 45.1 Å². The van der Waals surface area contributed by atoms with Crippen molar-refractivity contribution in [1.29, 1.82) is 0 Å². The van der Waals surface area contributed by atoms with E-state index in [0.717, 1.165) is 5.56 Å². The van der Waals surface area contributed by atoms with E-state index in [1.54, 1.807) is 6.07 Å². The van der Waals surface area contributed by atoms with Gasteiger partial charge in [-0.3, -0.25) is 0 Å². The molecular weight excluding hydrogens is 293 g/mol. The summed E-state index contributed by atoms with van der Waals surface area (Å²) in [7, 11) is 0. The standard InChI is InChI=1S/C15H19ClFN3O/c1-14(2,15(3,4)18)13-19-12(20-21-13)7-9-5-6-10(17)8-11(9)16/h5-6,8H,7,18H2,1-4H3. The highest BCUT2D eigenvalue weighted by atomic mass is 35.5. The first-order valence-corrected chi connectivity index (χ1v) is 7.05. The minimum absolute atomic E-state index is 0.347. The molecule has 0 radical (unpaired) electrons. The molecule has 0 unspecified atom stereocenters. The van der Waals surface area contributed by atoms with E-state index in [4.69, 9.17) is 21.9 Å². The molecule has 114 valence electrons. The van der Waals surface area contributed by atoms with E-state index in [0.29, 0.717) is 23.2 Å². The smallest absolute Gasteiger partial charge is 0.234 e. The first kappa shape index (κ1) is 15.9. The van der Waals surface area contributed by atoms with Crippen molar-refractivity contribution in [3.63, 3.8) is 0 Å². The molecule has 2 N–H and O–H groups in total. The van der Waals surface area contributed by atoms with Gasteiger partial charge in [0, 0.05) is 17.0 Å². The lowest BCUT2D eigenvalue weighted by molar-refractivity contribution is 0.222. The summed E-state index contributed by atoms with van der Waals surface area (Å²) in [5.41, 5.74) is 5.93. The minimum Gasteiger partial charge on any atom is -0.339 e. The summed E-state index contributed by atoms with van der Waals surface area (Å²) in [6.45, 7) is 7.73. The average Bonchev–Trinajstić information content (AvgIpc) is 2.80.